The first kappa shape index (κ1) is 29.5. The summed E-state index contributed by atoms with van der Waals surface area (Å²) >= 11 is 0. The second kappa shape index (κ2) is 12.7. The van der Waals surface area contributed by atoms with Gasteiger partial charge in [-0.15, -0.1) is 0 Å². The van der Waals surface area contributed by atoms with E-state index in [0.717, 1.165) is 10.6 Å². The number of aliphatic hydroxyl groups excluding tert-OH is 2. The van der Waals surface area contributed by atoms with Gasteiger partial charge in [-0.1, -0.05) is 17.9 Å². The fraction of sp³-hybridized carbons (Fsp3) is 0.435. The van der Waals surface area contributed by atoms with Gasteiger partial charge in [0.1, 0.15) is 12.3 Å². The number of nitro groups is 1. The van der Waals surface area contributed by atoms with Gasteiger partial charge in [0.2, 0.25) is 0 Å². The van der Waals surface area contributed by atoms with Crippen LogP contribution in [0.3, 0.4) is 0 Å². The van der Waals surface area contributed by atoms with Crippen molar-refractivity contribution in [2.45, 2.75) is 44.1 Å². The van der Waals surface area contributed by atoms with Crippen LogP contribution in [0.5, 0.6) is 0 Å². The molecule has 13 nitrogen and oxygen atoms in total. The maximum Gasteiger partial charge on any atom is 0.471 e. The monoisotopic (exact) mass is 556 g/mol. The van der Waals surface area contributed by atoms with Crippen LogP contribution in [0.2, 0.25) is 0 Å². The lowest BCUT2D eigenvalue weighted by Gasteiger charge is -2.15. The Labute approximate surface area is 217 Å². The molecule has 0 aliphatic carbocycles. The minimum absolute atomic E-state index is 0.0176. The molecule has 0 spiro atoms. The number of nitrogens with zero attached hydrogens (tertiary/aromatic N) is 2. The fourth-order valence-corrected chi connectivity index (χ4v) is 3.65. The highest BCUT2D eigenvalue weighted by Crippen LogP contribution is 2.27. The zero-order valence-electron chi connectivity index (χ0n) is 20.1. The lowest BCUT2D eigenvalue weighted by Crippen LogP contribution is -2.36. The largest absolute Gasteiger partial charge is 0.471 e. The van der Waals surface area contributed by atoms with Crippen LogP contribution in [0, 0.1) is 22.0 Å². The summed E-state index contributed by atoms with van der Waals surface area (Å²) in [4.78, 5) is 48.1. The second-order valence-electron chi connectivity index (χ2n) is 8.32. The number of ether oxygens (including phenoxy) is 2. The predicted octanol–water partition coefficient (Wildman–Crippen LogP) is -0.125. The number of hydrogen-bond acceptors (Lipinski definition) is 9. The summed E-state index contributed by atoms with van der Waals surface area (Å²) in [5.74, 6) is 2.57. The number of carbonyl (C=O) groups is 1. The van der Waals surface area contributed by atoms with Gasteiger partial charge in [-0.3, -0.25) is 29.3 Å². The third kappa shape index (κ3) is 7.74. The Morgan fingerprint density at radius 1 is 1.33 bits per heavy atom. The summed E-state index contributed by atoms with van der Waals surface area (Å²) in [6.07, 6.45) is -6.55. The van der Waals surface area contributed by atoms with E-state index < -0.39 is 59.8 Å². The summed E-state index contributed by atoms with van der Waals surface area (Å²) in [7, 11) is 0. The van der Waals surface area contributed by atoms with E-state index in [-0.39, 0.29) is 48.4 Å². The maximum atomic E-state index is 12.2. The highest BCUT2D eigenvalue weighted by molar-refractivity contribution is 5.81. The number of carbonyl (C=O) groups excluding carboxylic acids is 1. The number of hydrogen-bond donors (Lipinski definition) is 4. The minimum Gasteiger partial charge on any atom is -0.394 e. The Balaban J connectivity index is 1.61. The summed E-state index contributed by atoms with van der Waals surface area (Å²) in [6, 6.07) is 3.94. The van der Waals surface area contributed by atoms with Gasteiger partial charge in [0.15, 0.2) is 0 Å². The molecule has 3 atom stereocenters. The summed E-state index contributed by atoms with van der Waals surface area (Å²) in [5, 5.41) is 32.2. The van der Waals surface area contributed by atoms with E-state index in [0.29, 0.717) is 0 Å². The molecule has 1 aromatic heterocycles. The van der Waals surface area contributed by atoms with Crippen molar-refractivity contribution < 1.29 is 42.6 Å². The number of nitrogens with one attached hydrogen (secondary N) is 2. The van der Waals surface area contributed by atoms with Crippen molar-refractivity contribution in [2.24, 2.45) is 0 Å². The number of aromatic nitrogens is 2. The molecule has 1 amide bonds. The molecule has 4 N–H and O–H groups in total. The Morgan fingerprint density at radius 3 is 2.72 bits per heavy atom. The van der Waals surface area contributed by atoms with E-state index in [9.17, 15) is 47.9 Å². The third-order valence-corrected chi connectivity index (χ3v) is 5.62. The molecule has 0 unspecified atom stereocenters. The van der Waals surface area contributed by atoms with Crippen LogP contribution < -0.4 is 16.6 Å². The first-order valence-corrected chi connectivity index (χ1v) is 11.4. The molecule has 2 heterocycles. The van der Waals surface area contributed by atoms with Crippen molar-refractivity contribution in [1.29, 1.82) is 0 Å². The zero-order chi connectivity index (χ0) is 28.7. The average molecular weight is 556 g/mol. The van der Waals surface area contributed by atoms with Gasteiger partial charge in [0, 0.05) is 36.2 Å². The topological polar surface area (TPSA) is 186 Å². The lowest BCUT2D eigenvalue weighted by molar-refractivity contribution is -0.385. The lowest BCUT2D eigenvalue weighted by atomic mass is 10.1. The van der Waals surface area contributed by atoms with Crippen LogP contribution >= 0.6 is 0 Å². The molecule has 0 bridgehead atoms. The molecule has 1 aromatic carbocycles. The highest BCUT2D eigenvalue weighted by atomic mass is 19.4. The van der Waals surface area contributed by atoms with Gasteiger partial charge in [0.25, 0.3) is 11.2 Å². The van der Waals surface area contributed by atoms with Crippen LogP contribution in [0.1, 0.15) is 29.3 Å². The van der Waals surface area contributed by atoms with Crippen molar-refractivity contribution in [1.82, 2.24) is 14.9 Å². The van der Waals surface area contributed by atoms with Gasteiger partial charge in [-0.05, 0) is 6.07 Å². The number of amides is 1. The fourth-order valence-electron chi connectivity index (χ4n) is 3.65. The van der Waals surface area contributed by atoms with E-state index in [1.807, 2.05) is 0 Å². The molecule has 3 rings (SSSR count). The van der Waals surface area contributed by atoms with Crippen LogP contribution in [-0.4, -0.2) is 68.7 Å². The molecule has 210 valence electrons. The molecular formula is C23H23F3N4O9. The Bertz CT molecular complexity index is 1390. The number of halogens is 3. The molecule has 1 saturated heterocycles. The molecule has 1 aliphatic rings. The Morgan fingerprint density at radius 2 is 2.08 bits per heavy atom. The molecule has 1 fully saturated rings. The Kier molecular flexibility index (Phi) is 9.59. The second-order valence-corrected chi connectivity index (χ2v) is 8.32. The molecule has 39 heavy (non-hydrogen) atoms. The molecule has 2 aromatic rings. The van der Waals surface area contributed by atoms with Crippen molar-refractivity contribution in [3.8, 4) is 11.8 Å². The van der Waals surface area contributed by atoms with Crippen LogP contribution in [-0.2, 0) is 27.3 Å². The van der Waals surface area contributed by atoms with Crippen LogP contribution in [0.4, 0.5) is 18.9 Å². The van der Waals surface area contributed by atoms with E-state index in [1.165, 1.54) is 18.3 Å². The van der Waals surface area contributed by atoms with E-state index in [4.69, 9.17) is 9.47 Å². The average Bonchev–Trinajstić information content (AvgIpc) is 3.25. The van der Waals surface area contributed by atoms with Gasteiger partial charge in [-0.25, -0.2) is 4.79 Å². The number of H-pyrrole nitrogens is 1. The number of aliphatic hydroxyl groups is 2. The Hall–Kier alpha value is -4.04. The standard InChI is InChI=1S/C23H23F3N4O9/c24-23(25,26)21(34)27-6-1-2-13-3-4-14(16(8-13)30(36)37)5-7-38-12-15-10-29(22(35)28-20(15)33)19-9-17(32)18(11-31)39-19/h3-4,8,10,17-19,31-32H,5-7,9,11-12H2,(H,27,34)(H,28,33,35)/t17-,18+,19+/m0/s1. The summed E-state index contributed by atoms with van der Waals surface area (Å²) in [5.41, 5.74) is -1.35. The number of rotatable bonds is 9. The minimum atomic E-state index is -5.05. The number of nitro benzene ring substituents is 1. The van der Waals surface area contributed by atoms with Crippen LogP contribution in [0.25, 0.3) is 0 Å². The molecule has 0 radical (unpaired) electrons. The smallest absolute Gasteiger partial charge is 0.394 e. The molecule has 1 aliphatic heterocycles. The van der Waals surface area contributed by atoms with Crippen LogP contribution in [0.15, 0.2) is 34.0 Å². The predicted molar refractivity (Wildman–Crippen MR) is 125 cm³/mol. The first-order chi connectivity index (χ1) is 18.4. The van der Waals surface area contributed by atoms with Crippen molar-refractivity contribution >= 4 is 11.6 Å². The molecule has 0 saturated carbocycles. The van der Waals surface area contributed by atoms with E-state index >= 15 is 0 Å². The van der Waals surface area contributed by atoms with Gasteiger partial charge < -0.3 is 25.0 Å². The number of aromatic amines is 1. The SMILES string of the molecule is O=C(NCC#Cc1ccc(CCOCc2cn([C@H]3C[C@H](O)[C@@H](CO)O3)c(=O)[nH]c2=O)c([N+](=O)[O-])c1)C(F)(F)F. The normalized spacial score (nSPS) is 18.8. The summed E-state index contributed by atoms with van der Waals surface area (Å²) in [6.45, 7) is -1.37. The van der Waals surface area contributed by atoms with E-state index in [2.05, 4.69) is 16.8 Å². The molecular weight excluding hydrogens is 533 g/mol. The van der Waals surface area contributed by atoms with Crippen molar-refractivity contribution in [3.63, 3.8) is 0 Å². The first-order valence-electron chi connectivity index (χ1n) is 11.4. The van der Waals surface area contributed by atoms with Crippen molar-refractivity contribution in [3.05, 3.63) is 72.0 Å². The van der Waals surface area contributed by atoms with Gasteiger partial charge in [0.05, 0.1) is 43.0 Å². The van der Waals surface area contributed by atoms with Crippen molar-refractivity contribution in [2.75, 3.05) is 19.8 Å². The number of benzene rings is 1. The maximum absolute atomic E-state index is 12.2. The zero-order valence-corrected chi connectivity index (χ0v) is 20.1. The third-order valence-electron chi connectivity index (χ3n) is 5.62. The van der Waals surface area contributed by atoms with E-state index in [1.54, 1.807) is 5.32 Å². The summed E-state index contributed by atoms with van der Waals surface area (Å²) < 4.78 is 48.5. The highest BCUT2D eigenvalue weighted by Gasteiger charge is 2.38. The molecule has 16 heteroatoms. The number of alkyl halides is 3. The quantitative estimate of drug-likeness (QED) is 0.141. The van der Waals surface area contributed by atoms with Gasteiger partial charge in [-0.2, -0.15) is 13.2 Å². The van der Waals surface area contributed by atoms with Gasteiger partial charge >= 0.3 is 17.8 Å².